The molecule has 2 fully saturated rings. The van der Waals surface area contributed by atoms with Gasteiger partial charge in [0.15, 0.2) is 0 Å². The standard InChI is InChI=1S/C40H46N6O4/c1-39(2,3)49-37(47)45-19-7-9-33(45)35-41-23-31(43-35)26-13-11-25(12-14-26)27-15-16-29-22-30(18-17-28(29)21-27)32-24-42-36(44-32)34-10-8-20-46(34)38(48)50-40(4,5)6/h11-18,21-24,33-34H,7-10,19-20H2,1-6H3,(H,41,43)(H,42,44)/t33-,34?/m0/s1. The number of nitrogens with zero attached hydrogens (tertiary/aromatic N) is 4. The average molecular weight is 675 g/mol. The lowest BCUT2D eigenvalue weighted by Gasteiger charge is -2.27. The summed E-state index contributed by atoms with van der Waals surface area (Å²) >= 11 is 0. The largest absolute Gasteiger partial charge is 0.444 e. The second-order valence-electron chi connectivity index (χ2n) is 15.4. The lowest BCUT2D eigenvalue weighted by atomic mass is 9.98. The Kier molecular flexibility index (Phi) is 8.66. The molecule has 0 bridgehead atoms. The topological polar surface area (TPSA) is 116 Å². The fourth-order valence-electron chi connectivity index (χ4n) is 6.92. The van der Waals surface area contributed by atoms with Gasteiger partial charge in [0, 0.05) is 18.7 Å². The van der Waals surface area contributed by atoms with E-state index in [1.54, 1.807) is 9.80 Å². The third-order valence-electron chi connectivity index (χ3n) is 9.26. The summed E-state index contributed by atoms with van der Waals surface area (Å²) in [5.41, 5.74) is 5.09. The van der Waals surface area contributed by atoms with Crippen LogP contribution in [0.2, 0.25) is 0 Å². The van der Waals surface area contributed by atoms with Crippen LogP contribution in [0.5, 0.6) is 0 Å². The van der Waals surface area contributed by atoms with E-state index in [1.807, 2.05) is 53.9 Å². The van der Waals surface area contributed by atoms with Gasteiger partial charge < -0.3 is 19.4 Å². The molecular weight excluding hydrogens is 628 g/mol. The van der Waals surface area contributed by atoms with Crippen molar-refractivity contribution < 1.29 is 19.1 Å². The Morgan fingerprint density at radius 1 is 0.620 bits per heavy atom. The number of H-pyrrole nitrogens is 2. The molecule has 2 aliphatic rings. The molecule has 2 saturated heterocycles. The van der Waals surface area contributed by atoms with Gasteiger partial charge in [-0.2, -0.15) is 0 Å². The van der Waals surface area contributed by atoms with Crippen molar-refractivity contribution in [3.8, 4) is 33.6 Å². The molecule has 0 aliphatic carbocycles. The Hall–Kier alpha value is -5.12. The lowest BCUT2D eigenvalue weighted by Crippen LogP contribution is -2.36. The summed E-state index contributed by atoms with van der Waals surface area (Å²) in [6.45, 7) is 12.6. The molecule has 2 aromatic heterocycles. The Morgan fingerprint density at radius 2 is 1.04 bits per heavy atom. The quantitative estimate of drug-likeness (QED) is 0.192. The molecule has 2 atom stereocenters. The van der Waals surface area contributed by atoms with E-state index in [0.717, 1.165) is 81.7 Å². The van der Waals surface area contributed by atoms with Crippen LogP contribution in [0.15, 0.2) is 73.1 Å². The van der Waals surface area contributed by atoms with Gasteiger partial charge in [-0.05, 0) is 107 Å². The van der Waals surface area contributed by atoms with Crippen molar-refractivity contribution in [3.05, 3.63) is 84.7 Å². The van der Waals surface area contributed by atoms with Gasteiger partial charge in [0.2, 0.25) is 0 Å². The molecule has 4 heterocycles. The normalized spacial score (nSPS) is 18.2. The first kappa shape index (κ1) is 33.4. The molecule has 50 heavy (non-hydrogen) atoms. The zero-order valence-corrected chi connectivity index (χ0v) is 29.7. The van der Waals surface area contributed by atoms with Crippen LogP contribution in [0.25, 0.3) is 44.4 Å². The molecular formula is C40H46N6O4. The number of ether oxygens (including phenoxy) is 2. The van der Waals surface area contributed by atoms with E-state index >= 15 is 0 Å². The maximum Gasteiger partial charge on any atom is 0.410 e. The van der Waals surface area contributed by atoms with Gasteiger partial charge in [0.1, 0.15) is 22.9 Å². The average Bonchev–Trinajstić information content (AvgIpc) is 3.88. The van der Waals surface area contributed by atoms with E-state index in [-0.39, 0.29) is 24.3 Å². The van der Waals surface area contributed by atoms with Crippen molar-refractivity contribution in [1.82, 2.24) is 29.7 Å². The summed E-state index contributed by atoms with van der Waals surface area (Å²) < 4.78 is 11.3. The maximum atomic E-state index is 12.8. The lowest BCUT2D eigenvalue weighted by molar-refractivity contribution is 0.0208. The van der Waals surface area contributed by atoms with E-state index < -0.39 is 11.2 Å². The van der Waals surface area contributed by atoms with Gasteiger partial charge in [-0.25, -0.2) is 19.6 Å². The van der Waals surface area contributed by atoms with Crippen LogP contribution < -0.4 is 0 Å². The van der Waals surface area contributed by atoms with Crippen LogP contribution in [0.1, 0.15) is 91.0 Å². The first-order valence-corrected chi connectivity index (χ1v) is 17.6. The highest BCUT2D eigenvalue weighted by Gasteiger charge is 2.36. The Bertz CT molecular complexity index is 2020. The summed E-state index contributed by atoms with van der Waals surface area (Å²) in [6.07, 6.45) is 6.65. The van der Waals surface area contributed by atoms with E-state index in [1.165, 1.54) is 0 Å². The number of aromatic amines is 2. The number of aromatic nitrogens is 4. The highest BCUT2D eigenvalue weighted by molar-refractivity contribution is 5.90. The molecule has 3 aromatic carbocycles. The van der Waals surface area contributed by atoms with Crippen LogP contribution in [-0.2, 0) is 9.47 Å². The Labute approximate surface area is 293 Å². The molecule has 2 N–H and O–H groups in total. The van der Waals surface area contributed by atoms with E-state index in [0.29, 0.717) is 13.1 Å². The number of nitrogens with one attached hydrogen (secondary N) is 2. The maximum absolute atomic E-state index is 12.8. The van der Waals surface area contributed by atoms with Gasteiger partial charge >= 0.3 is 12.2 Å². The number of likely N-dealkylation sites (tertiary alicyclic amines) is 2. The van der Waals surface area contributed by atoms with Crippen LogP contribution in [-0.4, -0.2) is 66.2 Å². The number of fused-ring (bicyclic) bond motifs is 1. The smallest absolute Gasteiger partial charge is 0.410 e. The Morgan fingerprint density at radius 3 is 1.54 bits per heavy atom. The van der Waals surface area contributed by atoms with Crippen LogP contribution in [0, 0.1) is 0 Å². The number of imidazole rings is 2. The van der Waals surface area contributed by atoms with Crippen LogP contribution in [0.3, 0.4) is 0 Å². The summed E-state index contributed by atoms with van der Waals surface area (Å²) in [6, 6.07) is 21.2. The molecule has 2 aliphatic heterocycles. The zero-order valence-electron chi connectivity index (χ0n) is 29.7. The minimum atomic E-state index is -0.539. The first-order valence-electron chi connectivity index (χ1n) is 17.6. The number of hydrogen-bond donors (Lipinski definition) is 2. The third-order valence-corrected chi connectivity index (χ3v) is 9.26. The number of carbonyl (C=O) groups excluding carboxylic acids is 2. The minimum Gasteiger partial charge on any atom is -0.444 e. The van der Waals surface area contributed by atoms with Gasteiger partial charge in [-0.1, -0.05) is 48.5 Å². The molecule has 7 rings (SSSR count). The fourth-order valence-corrected chi connectivity index (χ4v) is 6.92. The number of rotatable bonds is 5. The molecule has 1 unspecified atom stereocenters. The second-order valence-corrected chi connectivity index (χ2v) is 15.4. The molecule has 0 radical (unpaired) electrons. The minimum absolute atomic E-state index is 0.117. The van der Waals surface area contributed by atoms with Gasteiger partial charge in [-0.3, -0.25) is 9.80 Å². The highest BCUT2D eigenvalue weighted by Crippen LogP contribution is 2.35. The van der Waals surface area contributed by atoms with Crippen molar-refractivity contribution in [2.24, 2.45) is 0 Å². The van der Waals surface area contributed by atoms with Crippen molar-refractivity contribution in [2.75, 3.05) is 13.1 Å². The fraction of sp³-hybridized carbons (Fsp3) is 0.400. The second kappa shape index (κ2) is 13.0. The highest BCUT2D eigenvalue weighted by atomic mass is 16.6. The molecule has 5 aromatic rings. The zero-order chi connectivity index (χ0) is 35.2. The number of benzene rings is 3. The summed E-state index contributed by atoms with van der Waals surface area (Å²) in [5.74, 6) is 1.57. The predicted molar refractivity (Wildman–Crippen MR) is 194 cm³/mol. The summed E-state index contributed by atoms with van der Waals surface area (Å²) in [5, 5.41) is 2.28. The van der Waals surface area contributed by atoms with Crippen LogP contribution in [0.4, 0.5) is 9.59 Å². The van der Waals surface area contributed by atoms with Crippen molar-refractivity contribution in [1.29, 1.82) is 0 Å². The monoisotopic (exact) mass is 674 g/mol. The van der Waals surface area contributed by atoms with E-state index in [4.69, 9.17) is 9.47 Å². The Balaban J connectivity index is 1.04. The molecule has 2 amide bonds. The molecule has 260 valence electrons. The van der Waals surface area contributed by atoms with Crippen LogP contribution >= 0.6 is 0 Å². The van der Waals surface area contributed by atoms with Gasteiger partial charge in [0.25, 0.3) is 0 Å². The van der Waals surface area contributed by atoms with E-state index in [2.05, 4.69) is 80.6 Å². The third kappa shape index (κ3) is 7.11. The summed E-state index contributed by atoms with van der Waals surface area (Å²) in [7, 11) is 0. The number of carbonyl (C=O) groups is 2. The summed E-state index contributed by atoms with van der Waals surface area (Å²) in [4.78, 5) is 45.5. The molecule has 10 heteroatoms. The molecule has 0 spiro atoms. The van der Waals surface area contributed by atoms with Gasteiger partial charge in [0.05, 0.1) is 35.9 Å². The number of hydrogen-bond acceptors (Lipinski definition) is 6. The van der Waals surface area contributed by atoms with Gasteiger partial charge in [-0.15, -0.1) is 0 Å². The first-order chi connectivity index (χ1) is 23.8. The van der Waals surface area contributed by atoms with E-state index in [9.17, 15) is 9.59 Å². The van der Waals surface area contributed by atoms with Crippen molar-refractivity contribution >= 4 is 23.0 Å². The number of amides is 2. The van der Waals surface area contributed by atoms with Crippen molar-refractivity contribution in [2.45, 2.75) is 90.5 Å². The predicted octanol–water partition coefficient (Wildman–Crippen LogP) is 9.43. The molecule has 0 saturated carbocycles. The van der Waals surface area contributed by atoms with Crippen molar-refractivity contribution in [3.63, 3.8) is 0 Å². The molecule has 10 nitrogen and oxygen atoms in total. The SMILES string of the molecule is CC(C)(C)OC(=O)N1CCCC1c1ncc(-c2ccc3cc(-c4ccc(-c5cnc([C@@H]6CCCN6C(=O)OC(C)(C)C)[nH]5)cc4)ccc3c2)[nH]1.